The summed E-state index contributed by atoms with van der Waals surface area (Å²) >= 11 is 0. The quantitative estimate of drug-likeness (QED) is 0.243. The normalized spacial score (nSPS) is 12.0. The largest absolute Gasteiger partial charge is 0.481 e. The van der Waals surface area contributed by atoms with E-state index in [0.29, 0.717) is 12.8 Å². The second kappa shape index (κ2) is 11.9. The van der Waals surface area contributed by atoms with Gasteiger partial charge in [0.05, 0.1) is 5.92 Å². The number of carbonyl (C=O) groups excluding carboxylic acids is 2. The highest BCUT2D eigenvalue weighted by molar-refractivity contribution is 5.93. The van der Waals surface area contributed by atoms with Gasteiger partial charge in [0.2, 0.25) is 5.91 Å². The number of unbranched alkanes of at least 4 members (excludes halogenated alkanes) is 4. The average Bonchev–Trinajstić information content (AvgIpc) is 2.52. The number of hydrogen-bond acceptors (Lipinski definition) is 5. The number of nitrogens with one attached hydrogen (secondary N) is 2. The van der Waals surface area contributed by atoms with E-state index in [1.54, 1.807) is 20.8 Å². The molecule has 0 fully saturated rings. The molecule has 0 spiro atoms. The molecule has 0 rings (SSSR count). The highest BCUT2D eigenvalue weighted by atomic mass is 16.6. The Hall–Kier alpha value is -2.58. The Morgan fingerprint density at radius 3 is 2.04 bits per heavy atom. The Kier molecular flexibility index (Phi) is 10.8. The van der Waals surface area contributed by atoms with Crippen LogP contribution in [0, 0.1) is 5.92 Å². The Labute approximate surface area is 159 Å². The predicted octanol–water partition coefficient (Wildman–Crippen LogP) is 2.61. The first-order valence-corrected chi connectivity index (χ1v) is 8.86. The fraction of sp³-hybridized carbons (Fsp3) is 0.667. The Morgan fingerprint density at radius 2 is 1.52 bits per heavy atom. The first kappa shape index (κ1) is 24.4. The molecule has 0 heterocycles. The van der Waals surface area contributed by atoms with Gasteiger partial charge in [0.1, 0.15) is 5.60 Å². The van der Waals surface area contributed by atoms with Crippen LogP contribution in [-0.4, -0.2) is 39.8 Å². The van der Waals surface area contributed by atoms with Crippen molar-refractivity contribution in [1.82, 2.24) is 10.9 Å². The number of rotatable bonds is 11. The van der Waals surface area contributed by atoms with Crippen LogP contribution >= 0.6 is 0 Å². The summed E-state index contributed by atoms with van der Waals surface area (Å²) in [6.07, 6.45) is 3.20. The molecule has 0 unspecified atom stereocenters. The van der Waals surface area contributed by atoms with Crippen LogP contribution in [0.4, 0.5) is 4.79 Å². The highest BCUT2D eigenvalue weighted by Crippen LogP contribution is 2.19. The molecule has 0 saturated heterocycles. The van der Waals surface area contributed by atoms with Gasteiger partial charge in [-0.3, -0.25) is 15.0 Å². The van der Waals surface area contributed by atoms with Crippen molar-refractivity contribution in [1.29, 1.82) is 0 Å². The molecule has 0 saturated carbocycles. The average molecular weight is 386 g/mol. The molecule has 9 nitrogen and oxygen atoms in total. The molecular weight excluding hydrogens is 356 g/mol. The van der Waals surface area contributed by atoms with E-state index in [0.717, 1.165) is 19.3 Å². The molecule has 0 aliphatic rings. The highest BCUT2D eigenvalue weighted by Gasteiger charge is 2.24. The van der Waals surface area contributed by atoms with Crippen molar-refractivity contribution in [2.45, 2.75) is 71.3 Å². The standard InChI is InChI=1S/C18H30N2O7/c1-12(15(22)23)13(16(24)25)10-8-6-5-7-9-11-14(21)19-20-17(26)27-18(2,3)4/h13H,1,5-11H2,2-4H3,(H,19,21)(H,20,26)(H,22,23)(H,24,25)/t13-/m0/s1. The Morgan fingerprint density at radius 1 is 0.963 bits per heavy atom. The van der Waals surface area contributed by atoms with E-state index in [-0.39, 0.29) is 24.3 Å². The number of aliphatic carboxylic acids is 2. The maximum Gasteiger partial charge on any atom is 0.426 e. The summed E-state index contributed by atoms with van der Waals surface area (Å²) in [4.78, 5) is 44.8. The molecule has 0 radical (unpaired) electrons. The van der Waals surface area contributed by atoms with Crippen LogP contribution in [0.25, 0.3) is 0 Å². The van der Waals surface area contributed by atoms with E-state index in [4.69, 9.17) is 14.9 Å². The van der Waals surface area contributed by atoms with Gasteiger partial charge in [-0.15, -0.1) is 0 Å². The van der Waals surface area contributed by atoms with Gasteiger partial charge in [-0.25, -0.2) is 15.0 Å². The fourth-order valence-corrected chi connectivity index (χ4v) is 2.25. The van der Waals surface area contributed by atoms with E-state index < -0.39 is 29.6 Å². The molecule has 0 aromatic carbocycles. The van der Waals surface area contributed by atoms with Gasteiger partial charge in [-0.2, -0.15) is 0 Å². The van der Waals surface area contributed by atoms with E-state index >= 15 is 0 Å². The minimum atomic E-state index is -1.30. The van der Waals surface area contributed by atoms with Gasteiger partial charge in [-0.05, 0) is 33.6 Å². The number of ether oxygens (including phenoxy) is 1. The number of carboxylic acids is 2. The van der Waals surface area contributed by atoms with Crippen LogP contribution in [0.1, 0.15) is 65.7 Å². The van der Waals surface area contributed by atoms with Crippen molar-refractivity contribution in [2.24, 2.45) is 5.92 Å². The van der Waals surface area contributed by atoms with Crippen LogP contribution in [0.3, 0.4) is 0 Å². The summed E-state index contributed by atoms with van der Waals surface area (Å²) in [6.45, 7) is 8.45. The number of hydrazine groups is 1. The van der Waals surface area contributed by atoms with Crippen LogP contribution in [0.2, 0.25) is 0 Å². The molecule has 1 atom stereocenters. The third kappa shape index (κ3) is 12.4. The molecule has 0 aromatic rings. The zero-order valence-electron chi connectivity index (χ0n) is 16.2. The number of carbonyl (C=O) groups is 4. The summed E-state index contributed by atoms with van der Waals surface area (Å²) in [5, 5.41) is 17.9. The third-order valence-electron chi connectivity index (χ3n) is 3.59. The maximum atomic E-state index is 11.6. The Balaban J connectivity index is 3.83. The van der Waals surface area contributed by atoms with Crippen molar-refractivity contribution in [3.05, 3.63) is 12.2 Å². The van der Waals surface area contributed by atoms with E-state index in [2.05, 4.69) is 17.4 Å². The second-order valence-corrected chi connectivity index (χ2v) is 7.20. The van der Waals surface area contributed by atoms with Gasteiger partial charge < -0.3 is 14.9 Å². The van der Waals surface area contributed by atoms with E-state index in [1.165, 1.54) is 0 Å². The van der Waals surface area contributed by atoms with Crippen LogP contribution in [-0.2, 0) is 19.1 Å². The van der Waals surface area contributed by atoms with E-state index in [9.17, 15) is 19.2 Å². The van der Waals surface area contributed by atoms with Crippen molar-refractivity contribution in [3.8, 4) is 0 Å². The summed E-state index contributed by atoms with van der Waals surface area (Å²) in [5.41, 5.74) is 3.48. The topological polar surface area (TPSA) is 142 Å². The molecule has 0 aliphatic carbocycles. The minimum absolute atomic E-state index is 0.223. The number of carboxylic acid groups (broad SMARTS) is 2. The lowest BCUT2D eigenvalue weighted by atomic mass is 9.94. The maximum absolute atomic E-state index is 11.6. The second-order valence-electron chi connectivity index (χ2n) is 7.20. The van der Waals surface area contributed by atoms with Gasteiger partial charge in [0.25, 0.3) is 0 Å². The Bertz CT molecular complexity index is 552. The van der Waals surface area contributed by atoms with Gasteiger partial charge in [0, 0.05) is 12.0 Å². The lowest BCUT2D eigenvalue weighted by Crippen LogP contribution is -2.44. The zero-order valence-corrected chi connectivity index (χ0v) is 16.2. The molecule has 0 aliphatic heterocycles. The van der Waals surface area contributed by atoms with Crippen LogP contribution in [0.15, 0.2) is 12.2 Å². The van der Waals surface area contributed by atoms with Crippen molar-refractivity contribution < 1.29 is 34.1 Å². The molecule has 27 heavy (non-hydrogen) atoms. The fourth-order valence-electron chi connectivity index (χ4n) is 2.25. The van der Waals surface area contributed by atoms with Crippen molar-refractivity contribution in [3.63, 3.8) is 0 Å². The summed E-state index contributed by atoms with van der Waals surface area (Å²) < 4.78 is 4.98. The minimum Gasteiger partial charge on any atom is -0.481 e. The molecule has 4 N–H and O–H groups in total. The van der Waals surface area contributed by atoms with E-state index in [1.807, 2.05) is 0 Å². The summed E-state index contributed by atoms with van der Waals surface area (Å²) in [6, 6.07) is 0. The van der Waals surface area contributed by atoms with Gasteiger partial charge in [0.15, 0.2) is 0 Å². The molecule has 0 aromatic heterocycles. The SMILES string of the molecule is C=C(C(=O)O)[C@H](CCCCCCCC(=O)NNC(=O)OC(C)(C)C)C(=O)O. The molecular formula is C18H30N2O7. The molecule has 0 bridgehead atoms. The summed E-state index contributed by atoms with van der Waals surface area (Å²) in [7, 11) is 0. The number of hydrogen-bond donors (Lipinski definition) is 4. The van der Waals surface area contributed by atoms with Gasteiger partial charge in [-0.1, -0.05) is 32.3 Å². The monoisotopic (exact) mass is 386 g/mol. The first-order valence-electron chi connectivity index (χ1n) is 8.86. The first-order chi connectivity index (χ1) is 12.4. The zero-order chi connectivity index (χ0) is 21.0. The van der Waals surface area contributed by atoms with Crippen molar-refractivity contribution >= 4 is 23.9 Å². The summed E-state index contributed by atoms with van der Waals surface area (Å²) in [5.74, 6) is -3.89. The molecule has 2 amide bonds. The third-order valence-corrected chi connectivity index (χ3v) is 3.59. The number of amides is 2. The van der Waals surface area contributed by atoms with Crippen LogP contribution < -0.4 is 10.9 Å². The van der Waals surface area contributed by atoms with Gasteiger partial charge >= 0.3 is 18.0 Å². The van der Waals surface area contributed by atoms with Crippen LogP contribution in [0.5, 0.6) is 0 Å². The predicted molar refractivity (Wildman–Crippen MR) is 97.7 cm³/mol. The smallest absolute Gasteiger partial charge is 0.426 e. The van der Waals surface area contributed by atoms with Crippen molar-refractivity contribution in [2.75, 3.05) is 0 Å². The lowest BCUT2D eigenvalue weighted by molar-refractivity contribution is -0.144. The molecule has 154 valence electrons. The molecule has 9 heteroatoms. The lowest BCUT2D eigenvalue weighted by Gasteiger charge is -2.19.